The van der Waals surface area contributed by atoms with Gasteiger partial charge in [-0.15, -0.1) is 0 Å². The molecule has 2 aliphatic rings. The first-order chi connectivity index (χ1) is 12.9. The SMILES string of the molecule is CC(C)[C@@H]1CC[C@@H](C)C[C@H]1OC(=O)[C@@H]1C[C@@H](OC(=O)c2ccccc2)CN1. The van der Waals surface area contributed by atoms with E-state index < -0.39 is 6.04 Å². The number of benzene rings is 1. The van der Waals surface area contributed by atoms with Crippen molar-refractivity contribution in [3.63, 3.8) is 0 Å². The summed E-state index contributed by atoms with van der Waals surface area (Å²) in [5, 5.41) is 3.16. The molecule has 1 aliphatic heterocycles. The van der Waals surface area contributed by atoms with E-state index in [2.05, 4.69) is 26.1 Å². The zero-order valence-electron chi connectivity index (χ0n) is 16.5. The topological polar surface area (TPSA) is 64.6 Å². The van der Waals surface area contributed by atoms with Crippen LogP contribution in [-0.2, 0) is 14.3 Å². The Bertz CT molecular complexity index is 645. The van der Waals surface area contributed by atoms with Crippen LogP contribution in [0.1, 0.15) is 56.8 Å². The smallest absolute Gasteiger partial charge is 0.338 e. The molecule has 0 bridgehead atoms. The van der Waals surface area contributed by atoms with Crippen LogP contribution in [0.4, 0.5) is 0 Å². The van der Waals surface area contributed by atoms with Gasteiger partial charge in [-0.3, -0.25) is 4.79 Å². The van der Waals surface area contributed by atoms with Crippen molar-refractivity contribution < 1.29 is 19.1 Å². The van der Waals surface area contributed by atoms with E-state index in [0.29, 0.717) is 36.3 Å². The predicted molar refractivity (Wildman–Crippen MR) is 103 cm³/mol. The minimum Gasteiger partial charge on any atom is -0.461 e. The maximum absolute atomic E-state index is 12.7. The Hall–Kier alpha value is -1.88. The average molecular weight is 373 g/mol. The highest BCUT2D eigenvalue weighted by Crippen LogP contribution is 2.35. The van der Waals surface area contributed by atoms with Gasteiger partial charge in [-0.25, -0.2) is 4.79 Å². The molecule has 5 heteroatoms. The van der Waals surface area contributed by atoms with E-state index in [1.165, 1.54) is 6.42 Å². The van der Waals surface area contributed by atoms with Crippen molar-refractivity contribution in [1.29, 1.82) is 0 Å². The molecule has 0 spiro atoms. The Morgan fingerprint density at radius 1 is 1.07 bits per heavy atom. The number of ether oxygens (including phenoxy) is 2. The molecule has 0 radical (unpaired) electrons. The van der Waals surface area contributed by atoms with Crippen molar-refractivity contribution in [2.75, 3.05) is 6.54 Å². The van der Waals surface area contributed by atoms with E-state index in [4.69, 9.17) is 9.47 Å². The van der Waals surface area contributed by atoms with Gasteiger partial charge in [0.1, 0.15) is 18.2 Å². The summed E-state index contributed by atoms with van der Waals surface area (Å²) in [6.45, 7) is 7.11. The van der Waals surface area contributed by atoms with Crippen LogP contribution in [0.15, 0.2) is 30.3 Å². The lowest BCUT2D eigenvalue weighted by atomic mass is 9.75. The first-order valence-corrected chi connectivity index (χ1v) is 10.1. The van der Waals surface area contributed by atoms with E-state index in [1.54, 1.807) is 24.3 Å². The van der Waals surface area contributed by atoms with Gasteiger partial charge in [0.25, 0.3) is 0 Å². The number of rotatable bonds is 5. The van der Waals surface area contributed by atoms with Gasteiger partial charge in [0.2, 0.25) is 0 Å². The quantitative estimate of drug-likeness (QED) is 0.799. The molecule has 0 aromatic heterocycles. The molecule has 1 N–H and O–H groups in total. The van der Waals surface area contributed by atoms with Crippen LogP contribution in [-0.4, -0.2) is 36.7 Å². The summed E-state index contributed by atoms with van der Waals surface area (Å²) in [5.41, 5.74) is 0.527. The van der Waals surface area contributed by atoms with Gasteiger partial charge in [-0.05, 0) is 42.7 Å². The minimum atomic E-state index is -0.399. The van der Waals surface area contributed by atoms with Crippen LogP contribution >= 0.6 is 0 Å². The van der Waals surface area contributed by atoms with Gasteiger partial charge in [-0.2, -0.15) is 0 Å². The van der Waals surface area contributed by atoms with Gasteiger partial charge in [-0.1, -0.05) is 45.4 Å². The van der Waals surface area contributed by atoms with Crippen LogP contribution in [0.3, 0.4) is 0 Å². The first-order valence-electron chi connectivity index (χ1n) is 10.1. The van der Waals surface area contributed by atoms with Crippen molar-refractivity contribution in [2.24, 2.45) is 17.8 Å². The van der Waals surface area contributed by atoms with Crippen LogP contribution in [0.25, 0.3) is 0 Å². The molecule has 0 amide bonds. The molecule has 3 rings (SSSR count). The lowest BCUT2D eigenvalue weighted by Gasteiger charge is -2.37. The molecule has 27 heavy (non-hydrogen) atoms. The van der Waals surface area contributed by atoms with Crippen molar-refractivity contribution in [3.8, 4) is 0 Å². The molecule has 1 heterocycles. The van der Waals surface area contributed by atoms with Crippen molar-refractivity contribution in [1.82, 2.24) is 5.32 Å². The Balaban J connectivity index is 1.52. The lowest BCUT2D eigenvalue weighted by molar-refractivity contribution is -0.158. The van der Waals surface area contributed by atoms with Crippen LogP contribution in [0.2, 0.25) is 0 Å². The second kappa shape index (κ2) is 8.87. The van der Waals surface area contributed by atoms with Crippen LogP contribution < -0.4 is 5.32 Å². The maximum Gasteiger partial charge on any atom is 0.338 e. The third-order valence-electron chi connectivity index (χ3n) is 5.89. The molecular formula is C22H31NO4. The fraction of sp³-hybridized carbons (Fsp3) is 0.636. The van der Waals surface area contributed by atoms with Crippen LogP contribution in [0.5, 0.6) is 0 Å². The summed E-state index contributed by atoms with van der Waals surface area (Å²) in [5.74, 6) is 0.967. The largest absolute Gasteiger partial charge is 0.461 e. The zero-order valence-corrected chi connectivity index (χ0v) is 16.5. The normalized spacial score (nSPS) is 30.9. The fourth-order valence-corrected chi connectivity index (χ4v) is 4.25. The molecule has 1 aromatic rings. The molecular weight excluding hydrogens is 342 g/mol. The third kappa shape index (κ3) is 5.10. The van der Waals surface area contributed by atoms with Gasteiger partial charge >= 0.3 is 11.9 Å². The van der Waals surface area contributed by atoms with Gasteiger partial charge in [0.05, 0.1) is 5.56 Å². The van der Waals surface area contributed by atoms with Crippen molar-refractivity contribution >= 4 is 11.9 Å². The molecule has 148 valence electrons. The van der Waals surface area contributed by atoms with E-state index in [1.807, 2.05) is 6.07 Å². The van der Waals surface area contributed by atoms with Gasteiger partial charge in [0, 0.05) is 13.0 Å². The number of hydrogen-bond acceptors (Lipinski definition) is 5. The summed E-state index contributed by atoms with van der Waals surface area (Å²) in [4.78, 5) is 24.8. The Morgan fingerprint density at radius 3 is 2.52 bits per heavy atom. The average Bonchev–Trinajstić information content (AvgIpc) is 3.11. The van der Waals surface area contributed by atoms with Crippen molar-refractivity contribution in [2.45, 2.75) is 64.7 Å². The molecule has 2 fully saturated rings. The highest BCUT2D eigenvalue weighted by atomic mass is 16.6. The molecule has 1 saturated carbocycles. The summed E-state index contributed by atoms with van der Waals surface area (Å²) in [6.07, 6.45) is 3.41. The number of carbonyl (C=O) groups is 2. The number of hydrogen-bond donors (Lipinski definition) is 1. The maximum atomic E-state index is 12.7. The Labute approximate surface area is 161 Å². The number of carbonyl (C=O) groups excluding carboxylic acids is 2. The van der Waals surface area contributed by atoms with E-state index in [0.717, 1.165) is 12.8 Å². The van der Waals surface area contributed by atoms with Crippen LogP contribution in [0, 0.1) is 17.8 Å². The number of esters is 2. The molecule has 1 saturated heterocycles. The predicted octanol–water partition coefficient (Wildman–Crippen LogP) is 3.58. The molecule has 5 atom stereocenters. The Morgan fingerprint density at radius 2 is 1.81 bits per heavy atom. The van der Waals surface area contributed by atoms with E-state index in [-0.39, 0.29) is 24.1 Å². The van der Waals surface area contributed by atoms with E-state index >= 15 is 0 Å². The lowest BCUT2D eigenvalue weighted by Crippen LogP contribution is -2.40. The molecule has 1 aliphatic carbocycles. The fourth-order valence-electron chi connectivity index (χ4n) is 4.25. The summed E-state index contributed by atoms with van der Waals surface area (Å²) >= 11 is 0. The summed E-state index contributed by atoms with van der Waals surface area (Å²) in [7, 11) is 0. The Kier molecular flexibility index (Phi) is 6.53. The zero-order chi connectivity index (χ0) is 19.4. The molecule has 5 nitrogen and oxygen atoms in total. The minimum absolute atomic E-state index is 0.00558. The highest BCUT2D eigenvalue weighted by Gasteiger charge is 2.38. The third-order valence-corrected chi connectivity index (χ3v) is 5.89. The summed E-state index contributed by atoms with van der Waals surface area (Å²) < 4.78 is 11.5. The van der Waals surface area contributed by atoms with Gasteiger partial charge in [0.15, 0.2) is 0 Å². The standard InChI is InChI=1S/C22H31NO4/c1-14(2)18-10-9-15(3)11-20(18)27-22(25)19-12-17(13-23-19)26-21(24)16-7-5-4-6-8-16/h4-8,14-15,17-20,23H,9-13H2,1-3H3/t15-,17-,18+,19+,20-/m1/s1. The first kappa shape index (κ1) is 19.9. The monoisotopic (exact) mass is 373 g/mol. The summed E-state index contributed by atoms with van der Waals surface area (Å²) in [6, 6.07) is 8.53. The highest BCUT2D eigenvalue weighted by molar-refractivity contribution is 5.89. The number of nitrogens with one attached hydrogen (secondary N) is 1. The second-order valence-corrected chi connectivity index (χ2v) is 8.39. The second-order valence-electron chi connectivity index (χ2n) is 8.39. The van der Waals surface area contributed by atoms with E-state index in [9.17, 15) is 9.59 Å². The van der Waals surface area contributed by atoms with Gasteiger partial charge < -0.3 is 14.8 Å². The van der Waals surface area contributed by atoms with Crippen molar-refractivity contribution in [3.05, 3.63) is 35.9 Å². The molecule has 0 unspecified atom stereocenters. The molecule has 1 aromatic carbocycles.